The molecule has 0 spiro atoms. The van der Waals surface area contributed by atoms with Crippen LogP contribution >= 0.6 is 0 Å². The van der Waals surface area contributed by atoms with Gasteiger partial charge >= 0.3 is 0 Å². The van der Waals surface area contributed by atoms with Crippen molar-refractivity contribution in [3.8, 4) is 11.5 Å². The molecule has 0 fully saturated rings. The van der Waals surface area contributed by atoms with Gasteiger partial charge in [-0.1, -0.05) is 26.2 Å². The van der Waals surface area contributed by atoms with Gasteiger partial charge in [-0.05, 0) is 60.5 Å². The lowest BCUT2D eigenvalue weighted by Gasteiger charge is -2.09. The molecule has 0 aliphatic heterocycles. The normalized spacial score (nSPS) is 12.3. The van der Waals surface area contributed by atoms with Gasteiger partial charge < -0.3 is 19.7 Å². The van der Waals surface area contributed by atoms with Gasteiger partial charge in [-0.15, -0.1) is 0 Å². The molecule has 27 heavy (non-hydrogen) atoms. The van der Waals surface area contributed by atoms with E-state index in [1.807, 2.05) is 36.4 Å². The van der Waals surface area contributed by atoms with E-state index in [1.54, 1.807) is 18.3 Å². The Bertz CT molecular complexity index is 668. The second kappa shape index (κ2) is 12.1. The topological polar surface area (TPSA) is 71.3 Å². The van der Waals surface area contributed by atoms with Crippen molar-refractivity contribution in [1.29, 1.82) is 0 Å². The summed E-state index contributed by atoms with van der Waals surface area (Å²) >= 11 is 0. The van der Waals surface area contributed by atoms with Crippen LogP contribution in [0.15, 0.2) is 53.5 Å². The van der Waals surface area contributed by atoms with Crippen molar-refractivity contribution in [2.75, 3.05) is 19.8 Å². The predicted molar refractivity (Wildman–Crippen MR) is 108 cm³/mol. The number of hydrogen-bond donors (Lipinski definition) is 2. The van der Waals surface area contributed by atoms with Crippen molar-refractivity contribution in [1.82, 2.24) is 0 Å². The highest BCUT2D eigenvalue weighted by Gasteiger charge is 2.02. The molecule has 0 amide bonds. The number of hydrogen-bond acceptors (Lipinski definition) is 5. The summed E-state index contributed by atoms with van der Waals surface area (Å²) in [4.78, 5) is 4.44. The Morgan fingerprint density at radius 2 is 1.59 bits per heavy atom. The van der Waals surface area contributed by atoms with E-state index in [9.17, 15) is 5.11 Å². The van der Waals surface area contributed by atoms with Gasteiger partial charge in [0.2, 0.25) is 0 Å². The van der Waals surface area contributed by atoms with E-state index in [0.29, 0.717) is 5.75 Å². The van der Waals surface area contributed by atoms with Crippen molar-refractivity contribution in [3.63, 3.8) is 0 Å². The molecule has 1 atom stereocenters. The maximum atomic E-state index is 9.28. The van der Waals surface area contributed by atoms with Crippen molar-refractivity contribution >= 4 is 11.9 Å². The second-order valence-corrected chi connectivity index (χ2v) is 6.38. The van der Waals surface area contributed by atoms with E-state index in [1.165, 1.54) is 19.3 Å². The zero-order valence-electron chi connectivity index (χ0n) is 15.9. The summed E-state index contributed by atoms with van der Waals surface area (Å²) in [6.45, 7) is 2.71. The summed E-state index contributed by atoms with van der Waals surface area (Å²) in [5.74, 6) is 1.51. The first-order valence-corrected chi connectivity index (χ1v) is 9.50. The van der Waals surface area contributed by atoms with E-state index in [0.717, 1.165) is 30.0 Å². The molecule has 0 saturated heterocycles. The molecule has 0 saturated carbocycles. The Kier molecular flexibility index (Phi) is 9.38. The van der Waals surface area contributed by atoms with Crippen LogP contribution in [-0.4, -0.2) is 42.4 Å². The Morgan fingerprint density at radius 1 is 0.926 bits per heavy atom. The minimum Gasteiger partial charge on any atom is -0.494 e. The van der Waals surface area contributed by atoms with Gasteiger partial charge in [0.05, 0.1) is 18.9 Å². The third-order valence-corrected chi connectivity index (χ3v) is 4.00. The highest BCUT2D eigenvalue weighted by molar-refractivity contribution is 5.82. The first-order valence-electron chi connectivity index (χ1n) is 9.50. The SMILES string of the molecule is CCCCCCOc1ccc(C=Nc2ccc(OCC(O)CO)cc2)cc1. The molecule has 2 N–H and O–H groups in total. The monoisotopic (exact) mass is 371 g/mol. The van der Waals surface area contributed by atoms with Crippen LogP contribution in [-0.2, 0) is 0 Å². The van der Waals surface area contributed by atoms with Gasteiger partial charge in [0.25, 0.3) is 0 Å². The van der Waals surface area contributed by atoms with Gasteiger partial charge in [-0.2, -0.15) is 0 Å². The van der Waals surface area contributed by atoms with Crippen LogP contribution in [0, 0.1) is 0 Å². The Labute approximate surface area is 161 Å². The van der Waals surface area contributed by atoms with Crippen LogP contribution in [0.3, 0.4) is 0 Å². The van der Waals surface area contributed by atoms with Crippen molar-refractivity contribution in [2.45, 2.75) is 38.7 Å². The molecule has 0 radical (unpaired) electrons. The van der Waals surface area contributed by atoms with E-state index in [-0.39, 0.29) is 13.2 Å². The summed E-state index contributed by atoms with van der Waals surface area (Å²) in [5, 5.41) is 18.0. The molecule has 0 bridgehead atoms. The van der Waals surface area contributed by atoms with Crippen LogP contribution < -0.4 is 9.47 Å². The summed E-state index contributed by atoms with van der Waals surface area (Å²) < 4.78 is 11.1. The molecular formula is C22H29NO4. The van der Waals surface area contributed by atoms with Gasteiger partial charge in [0.15, 0.2) is 0 Å². The molecule has 0 heterocycles. The van der Waals surface area contributed by atoms with Gasteiger partial charge in [0.1, 0.15) is 24.2 Å². The lowest BCUT2D eigenvalue weighted by atomic mass is 10.2. The summed E-state index contributed by atoms with van der Waals surface area (Å²) in [7, 11) is 0. The number of aliphatic hydroxyl groups is 2. The van der Waals surface area contributed by atoms with Crippen LogP contribution in [0.1, 0.15) is 38.2 Å². The highest BCUT2D eigenvalue weighted by atomic mass is 16.5. The summed E-state index contributed by atoms with van der Waals surface area (Å²) in [5.41, 5.74) is 1.81. The van der Waals surface area contributed by atoms with E-state index >= 15 is 0 Å². The Balaban J connectivity index is 1.79. The Hall–Kier alpha value is -2.37. The van der Waals surface area contributed by atoms with Crippen molar-refractivity contribution < 1.29 is 19.7 Å². The van der Waals surface area contributed by atoms with Gasteiger partial charge in [-0.3, -0.25) is 4.99 Å². The van der Waals surface area contributed by atoms with Gasteiger partial charge in [0, 0.05) is 6.21 Å². The summed E-state index contributed by atoms with van der Waals surface area (Å²) in [6, 6.07) is 15.1. The molecule has 0 aromatic heterocycles. The zero-order chi connectivity index (χ0) is 19.3. The zero-order valence-corrected chi connectivity index (χ0v) is 15.9. The fraction of sp³-hybridized carbons (Fsp3) is 0.409. The third-order valence-electron chi connectivity index (χ3n) is 4.00. The van der Waals surface area contributed by atoms with E-state index in [2.05, 4.69) is 11.9 Å². The molecule has 5 nitrogen and oxygen atoms in total. The minimum absolute atomic E-state index is 0.0616. The third kappa shape index (κ3) is 8.24. The molecule has 5 heteroatoms. The number of aliphatic hydroxyl groups excluding tert-OH is 2. The fourth-order valence-corrected chi connectivity index (χ4v) is 2.39. The smallest absolute Gasteiger partial charge is 0.119 e. The molecule has 1 unspecified atom stereocenters. The Morgan fingerprint density at radius 3 is 2.26 bits per heavy atom. The average Bonchev–Trinajstić information content (AvgIpc) is 2.72. The molecule has 146 valence electrons. The lowest BCUT2D eigenvalue weighted by molar-refractivity contribution is 0.0536. The molecule has 2 aromatic carbocycles. The van der Waals surface area contributed by atoms with Crippen LogP contribution in [0.2, 0.25) is 0 Å². The number of benzene rings is 2. The summed E-state index contributed by atoms with van der Waals surface area (Å²) in [6.07, 6.45) is 5.73. The van der Waals surface area contributed by atoms with Crippen LogP contribution in [0.5, 0.6) is 11.5 Å². The lowest BCUT2D eigenvalue weighted by Crippen LogP contribution is -2.21. The minimum atomic E-state index is -0.869. The highest BCUT2D eigenvalue weighted by Crippen LogP contribution is 2.19. The molecule has 2 aromatic rings. The number of nitrogens with zero attached hydrogens (tertiary/aromatic N) is 1. The maximum absolute atomic E-state index is 9.28. The largest absolute Gasteiger partial charge is 0.494 e. The number of rotatable bonds is 12. The molecule has 0 aliphatic rings. The van der Waals surface area contributed by atoms with Crippen LogP contribution in [0.4, 0.5) is 5.69 Å². The predicted octanol–water partition coefficient (Wildman–Crippen LogP) is 4.13. The standard InChI is InChI=1S/C22H29NO4/c1-2-3-4-5-14-26-21-10-6-18(7-11-21)15-23-19-8-12-22(13-9-19)27-17-20(25)16-24/h6-13,15,20,24-25H,2-5,14,16-17H2,1H3. The van der Waals surface area contributed by atoms with Gasteiger partial charge in [-0.25, -0.2) is 0 Å². The van der Waals surface area contributed by atoms with Crippen molar-refractivity contribution in [2.24, 2.45) is 4.99 Å². The van der Waals surface area contributed by atoms with Crippen LogP contribution in [0.25, 0.3) is 0 Å². The molecule has 0 aliphatic carbocycles. The quantitative estimate of drug-likeness (QED) is 0.435. The average molecular weight is 371 g/mol. The first-order chi connectivity index (χ1) is 13.2. The molecule has 2 rings (SSSR count). The number of ether oxygens (including phenoxy) is 2. The second-order valence-electron chi connectivity index (χ2n) is 6.38. The van der Waals surface area contributed by atoms with Crippen molar-refractivity contribution in [3.05, 3.63) is 54.1 Å². The fourth-order valence-electron chi connectivity index (χ4n) is 2.39. The van der Waals surface area contributed by atoms with E-state index in [4.69, 9.17) is 14.6 Å². The number of aliphatic imine (C=N–C) groups is 1. The maximum Gasteiger partial charge on any atom is 0.119 e. The first kappa shape index (κ1) is 20.9. The van der Waals surface area contributed by atoms with E-state index < -0.39 is 6.10 Å². The molecular weight excluding hydrogens is 342 g/mol. The number of unbranched alkanes of at least 4 members (excludes halogenated alkanes) is 3.